The molecule has 17 heavy (non-hydrogen) atoms. The zero-order chi connectivity index (χ0) is 13.1. The average Bonchev–Trinajstić information content (AvgIpc) is 2.29. The minimum Gasteiger partial charge on any atom is -0.392 e. The monoisotopic (exact) mass is 237 g/mol. The van der Waals surface area contributed by atoms with Gasteiger partial charge in [-0.1, -0.05) is 34.9 Å². The molecule has 0 unspecified atom stereocenters. The summed E-state index contributed by atoms with van der Waals surface area (Å²) < 4.78 is 0. The van der Waals surface area contributed by atoms with Crippen LogP contribution in [-0.2, 0) is 0 Å². The van der Waals surface area contributed by atoms with E-state index < -0.39 is 0 Å². The van der Waals surface area contributed by atoms with Gasteiger partial charge in [0.2, 0.25) is 0 Å². The van der Waals surface area contributed by atoms with Crippen LogP contribution in [0.2, 0.25) is 0 Å². The van der Waals surface area contributed by atoms with Crippen LogP contribution in [0.5, 0.6) is 0 Å². The normalized spacial score (nSPS) is 14.3. The molecule has 0 aliphatic rings. The lowest BCUT2D eigenvalue weighted by molar-refractivity contribution is 0.331. The topological polar surface area (TPSA) is 40.5 Å². The third kappa shape index (κ3) is 10.0. The molecular weight excluding hydrogens is 212 g/mol. The molecule has 0 aromatic carbocycles. The Balaban J connectivity index is 3.83. The predicted octanol–water partition coefficient (Wildman–Crippen LogP) is 3.18. The third-order valence-corrected chi connectivity index (χ3v) is 2.56. The molecule has 0 rings (SSSR count). The SMILES string of the molecule is CC(=CCCC(C)=C[CH]CC(C)=CCO)CO. The van der Waals surface area contributed by atoms with E-state index in [9.17, 15) is 0 Å². The van der Waals surface area contributed by atoms with E-state index in [1.54, 1.807) is 0 Å². The van der Waals surface area contributed by atoms with E-state index >= 15 is 0 Å². The highest BCUT2D eigenvalue weighted by Crippen LogP contribution is 2.10. The lowest BCUT2D eigenvalue weighted by Crippen LogP contribution is -1.85. The standard InChI is InChI=1S/C15H25O2/c1-13(7-5-9-15(3)12-17)6-4-8-14(2)10-11-16/h4,6,9-10,16-17H,5,7-8,11-12H2,1-3H3. The minimum atomic E-state index is 0.119. The maximum atomic E-state index is 8.84. The summed E-state index contributed by atoms with van der Waals surface area (Å²) in [4.78, 5) is 0. The van der Waals surface area contributed by atoms with Crippen molar-refractivity contribution >= 4 is 0 Å². The second kappa shape index (κ2) is 10.3. The number of aliphatic hydroxyl groups excluding tert-OH is 2. The minimum absolute atomic E-state index is 0.119. The van der Waals surface area contributed by atoms with Gasteiger partial charge in [0, 0.05) is 0 Å². The zero-order valence-corrected chi connectivity index (χ0v) is 11.2. The van der Waals surface area contributed by atoms with Gasteiger partial charge in [0.1, 0.15) is 0 Å². The Bertz CT molecular complexity index is 285. The lowest BCUT2D eigenvalue weighted by Gasteiger charge is -2.01. The summed E-state index contributed by atoms with van der Waals surface area (Å²) in [6.45, 7) is 6.34. The van der Waals surface area contributed by atoms with Crippen LogP contribution in [0.3, 0.4) is 0 Å². The van der Waals surface area contributed by atoms with Gasteiger partial charge >= 0.3 is 0 Å². The molecule has 0 aromatic rings. The van der Waals surface area contributed by atoms with Crippen LogP contribution in [0.15, 0.2) is 34.9 Å². The van der Waals surface area contributed by atoms with E-state index in [0.29, 0.717) is 0 Å². The van der Waals surface area contributed by atoms with E-state index in [1.165, 1.54) is 11.1 Å². The van der Waals surface area contributed by atoms with Crippen molar-refractivity contribution in [3.8, 4) is 0 Å². The first-order valence-corrected chi connectivity index (χ1v) is 6.12. The van der Waals surface area contributed by atoms with Crippen molar-refractivity contribution < 1.29 is 10.2 Å². The van der Waals surface area contributed by atoms with Gasteiger partial charge in [-0.3, -0.25) is 0 Å². The summed E-state index contributed by atoms with van der Waals surface area (Å²) in [5, 5.41) is 17.5. The lowest BCUT2D eigenvalue weighted by atomic mass is 10.1. The molecular formula is C15H25O2. The van der Waals surface area contributed by atoms with Crippen LogP contribution in [0.25, 0.3) is 0 Å². The molecule has 0 aromatic heterocycles. The number of aliphatic hydroxyl groups is 2. The molecule has 0 saturated heterocycles. The van der Waals surface area contributed by atoms with Gasteiger partial charge in [-0.2, -0.15) is 0 Å². The van der Waals surface area contributed by atoms with E-state index in [-0.39, 0.29) is 13.2 Å². The van der Waals surface area contributed by atoms with Gasteiger partial charge in [-0.15, -0.1) is 0 Å². The summed E-state index contributed by atoms with van der Waals surface area (Å²) in [6.07, 6.45) is 11.1. The molecule has 1 radical (unpaired) electrons. The van der Waals surface area contributed by atoms with Gasteiger partial charge in [0.15, 0.2) is 0 Å². The first-order valence-electron chi connectivity index (χ1n) is 6.12. The van der Waals surface area contributed by atoms with Crippen molar-refractivity contribution in [1.82, 2.24) is 0 Å². The predicted molar refractivity (Wildman–Crippen MR) is 73.6 cm³/mol. The third-order valence-electron chi connectivity index (χ3n) is 2.56. The molecule has 2 heteroatoms. The quantitative estimate of drug-likeness (QED) is 0.636. The highest BCUT2D eigenvalue weighted by atomic mass is 16.3. The van der Waals surface area contributed by atoms with E-state index in [0.717, 1.165) is 24.8 Å². The van der Waals surface area contributed by atoms with Crippen LogP contribution in [0.1, 0.15) is 40.0 Å². The van der Waals surface area contributed by atoms with Gasteiger partial charge < -0.3 is 10.2 Å². The molecule has 0 spiro atoms. The number of hydrogen-bond donors (Lipinski definition) is 2. The Hall–Kier alpha value is -0.860. The van der Waals surface area contributed by atoms with Crippen LogP contribution < -0.4 is 0 Å². The van der Waals surface area contributed by atoms with E-state index in [1.807, 2.05) is 19.9 Å². The van der Waals surface area contributed by atoms with Crippen LogP contribution in [0, 0.1) is 6.42 Å². The number of rotatable bonds is 8. The van der Waals surface area contributed by atoms with Gasteiger partial charge in [0.05, 0.1) is 13.2 Å². The van der Waals surface area contributed by atoms with Gasteiger partial charge in [-0.25, -0.2) is 0 Å². The first-order chi connectivity index (χ1) is 8.10. The average molecular weight is 237 g/mol. The Morgan fingerprint density at radius 3 is 2.24 bits per heavy atom. The maximum Gasteiger partial charge on any atom is 0.0639 e. The Labute approximate surface area is 105 Å². The second-order valence-corrected chi connectivity index (χ2v) is 4.43. The van der Waals surface area contributed by atoms with Crippen molar-refractivity contribution in [2.75, 3.05) is 13.2 Å². The van der Waals surface area contributed by atoms with Crippen LogP contribution >= 0.6 is 0 Å². The van der Waals surface area contributed by atoms with Gasteiger partial charge in [0.25, 0.3) is 0 Å². The zero-order valence-electron chi connectivity index (χ0n) is 11.2. The summed E-state index contributed by atoms with van der Waals surface area (Å²) in [5.41, 5.74) is 3.56. The molecule has 0 saturated carbocycles. The largest absolute Gasteiger partial charge is 0.392 e. The van der Waals surface area contributed by atoms with Crippen LogP contribution in [0.4, 0.5) is 0 Å². The fourth-order valence-electron chi connectivity index (χ4n) is 1.38. The molecule has 0 bridgehead atoms. The van der Waals surface area contributed by atoms with Crippen molar-refractivity contribution in [2.45, 2.75) is 40.0 Å². The number of hydrogen-bond acceptors (Lipinski definition) is 2. The van der Waals surface area contributed by atoms with Gasteiger partial charge in [-0.05, 0) is 46.5 Å². The Morgan fingerprint density at radius 2 is 1.65 bits per heavy atom. The van der Waals surface area contributed by atoms with Crippen molar-refractivity contribution in [1.29, 1.82) is 0 Å². The summed E-state index contributed by atoms with van der Waals surface area (Å²) in [5.74, 6) is 0. The Kier molecular flexibility index (Phi) is 9.78. The second-order valence-electron chi connectivity index (χ2n) is 4.43. The summed E-state index contributed by atoms with van der Waals surface area (Å²) in [7, 11) is 0. The molecule has 0 heterocycles. The molecule has 0 aliphatic carbocycles. The summed E-state index contributed by atoms with van der Waals surface area (Å²) in [6, 6.07) is 0. The highest BCUT2D eigenvalue weighted by molar-refractivity contribution is 5.12. The van der Waals surface area contributed by atoms with Crippen molar-refractivity contribution in [3.63, 3.8) is 0 Å². The van der Waals surface area contributed by atoms with E-state index in [2.05, 4.69) is 25.5 Å². The smallest absolute Gasteiger partial charge is 0.0639 e. The Morgan fingerprint density at radius 1 is 0.941 bits per heavy atom. The molecule has 0 fully saturated rings. The van der Waals surface area contributed by atoms with E-state index in [4.69, 9.17) is 10.2 Å². The molecule has 97 valence electrons. The molecule has 2 N–H and O–H groups in total. The van der Waals surface area contributed by atoms with Crippen molar-refractivity contribution in [3.05, 3.63) is 41.4 Å². The fourth-order valence-corrected chi connectivity index (χ4v) is 1.38. The molecule has 0 amide bonds. The first kappa shape index (κ1) is 16.1. The highest BCUT2D eigenvalue weighted by Gasteiger charge is 1.92. The molecule has 0 aliphatic heterocycles. The molecule has 0 atom stereocenters. The van der Waals surface area contributed by atoms with Crippen LogP contribution in [-0.4, -0.2) is 23.4 Å². The summed E-state index contributed by atoms with van der Waals surface area (Å²) >= 11 is 0. The number of allylic oxidation sites excluding steroid dienone is 4. The van der Waals surface area contributed by atoms with Crippen molar-refractivity contribution in [2.24, 2.45) is 0 Å². The fraction of sp³-hybridized carbons (Fsp3) is 0.533. The molecule has 2 nitrogen and oxygen atoms in total. The maximum absolute atomic E-state index is 8.84.